The van der Waals surface area contributed by atoms with Gasteiger partial charge in [0.05, 0.1) is 6.07 Å². The Morgan fingerprint density at radius 2 is 1.80 bits per heavy atom. The van der Waals surface area contributed by atoms with Gasteiger partial charge in [-0.05, 0) is 31.3 Å². The number of nitriles is 1. The minimum atomic E-state index is -0.174. The largest absolute Gasteiger partial charge is 0.284 e. The van der Waals surface area contributed by atoms with Crippen LogP contribution in [-0.4, -0.2) is 23.0 Å². The molecule has 1 fully saturated rings. The minimum Gasteiger partial charge on any atom is -0.284 e. The molecular formula is C17H19N3. The first-order valence-electron chi connectivity index (χ1n) is 7.36. The lowest BCUT2D eigenvalue weighted by atomic mass is 10.0. The first-order chi connectivity index (χ1) is 9.90. The fourth-order valence-corrected chi connectivity index (χ4v) is 3.06. The number of aromatic nitrogens is 1. The van der Waals surface area contributed by atoms with E-state index in [0.717, 1.165) is 29.4 Å². The van der Waals surface area contributed by atoms with Gasteiger partial charge >= 0.3 is 0 Å². The molecule has 1 atom stereocenters. The smallest absolute Gasteiger partial charge is 0.125 e. The van der Waals surface area contributed by atoms with E-state index < -0.39 is 0 Å². The fourth-order valence-electron chi connectivity index (χ4n) is 3.06. The van der Waals surface area contributed by atoms with E-state index in [1.165, 1.54) is 25.7 Å². The van der Waals surface area contributed by atoms with Gasteiger partial charge in [-0.2, -0.15) is 5.26 Å². The second kappa shape index (κ2) is 6.02. The summed E-state index contributed by atoms with van der Waals surface area (Å²) in [6.45, 7) is 2.03. The molecule has 0 radical (unpaired) electrons. The van der Waals surface area contributed by atoms with Crippen LogP contribution in [0.3, 0.4) is 0 Å². The van der Waals surface area contributed by atoms with Crippen LogP contribution < -0.4 is 0 Å². The van der Waals surface area contributed by atoms with E-state index in [4.69, 9.17) is 0 Å². The molecule has 3 nitrogen and oxygen atoms in total. The predicted octanol–water partition coefficient (Wildman–Crippen LogP) is 3.68. The van der Waals surface area contributed by atoms with E-state index in [9.17, 15) is 5.26 Å². The molecule has 1 aliphatic heterocycles. The lowest BCUT2D eigenvalue weighted by Crippen LogP contribution is -2.29. The molecule has 0 spiro atoms. The molecule has 0 amide bonds. The second-order valence-corrected chi connectivity index (χ2v) is 5.43. The number of rotatable bonds is 2. The monoisotopic (exact) mass is 265 g/mol. The maximum Gasteiger partial charge on any atom is 0.125 e. The number of hydrogen-bond acceptors (Lipinski definition) is 3. The van der Waals surface area contributed by atoms with E-state index in [0.29, 0.717) is 0 Å². The minimum absolute atomic E-state index is 0.174. The maximum absolute atomic E-state index is 9.66. The Kier molecular flexibility index (Phi) is 3.94. The van der Waals surface area contributed by atoms with Crippen molar-refractivity contribution >= 4 is 10.8 Å². The van der Waals surface area contributed by atoms with Crippen LogP contribution in [0.5, 0.6) is 0 Å². The van der Waals surface area contributed by atoms with Gasteiger partial charge in [-0.25, -0.2) is 0 Å². The molecule has 3 rings (SSSR count). The molecule has 1 unspecified atom stereocenters. The summed E-state index contributed by atoms with van der Waals surface area (Å²) in [6, 6.07) is 10.5. The zero-order valence-corrected chi connectivity index (χ0v) is 11.6. The standard InChI is InChI=1S/C17H19N3/c18-11-17(20-9-5-1-2-6-10-20)16-13-19-12-14-7-3-4-8-15(14)16/h3-4,7-8,12-13,17H,1-2,5-6,9-10H2. The normalized spacial score (nSPS) is 18.4. The van der Waals surface area contributed by atoms with Crippen molar-refractivity contribution in [3.05, 3.63) is 42.2 Å². The number of pyridine rings is 1. The Hall–Kier alpha value is -1.92. The number of hydrogen-bond donors (Lipinski definition) is 0. The summed E-state index contributed by atoms with van der Waals surface area (Å²) in [5.41, 5.74) is 1.05. The van der Waals surface area contributed by atoms with E-state index in [1.807, 2.05) is 24.5 Å². The summed E-state index contributed by atoms with van der Waals surface area (Å²) in [6.07, 6.45) is 8.68. The van der Waals surface area contributed by atoms with E-state index in [2.05, 4.69) is 28.1 Å². The highest BCUT2D eigenvalue weighted by Crippen LogP contribution is 2.28. The summed E-state index contributed by atoms with van der Waals surface area (Å²) >= 11 is 0. The molecule has 20 heavy (non-hydrogen) atoms. The van der Waals surface area contributed by atoms with Crippen LogP contribution >= 0.6 is 0 Å². The zero-order valence-electron chi connectivity index (χ0n) is 11.6. The molecule has 0 N–H and O–H groups in total. The lowest BCUT2D eigenvalue weighted by Gasteiger charge is -2.26. The van der Waals surface area contributed by atoms with Crippen molar-refractivity contribution in [2.45, 2.75) is 31.7 Å². The van der Waals surface area contributed by atoms with Crippen molar-refractivity contribution < 1.29 is 0 Å². The molecule has 0 bridgehead atoms. The second-order valence-electron chi connectivity index (χ2n) is 5.43. The first-order valence-corrected chi connectivity index (χ1v) is 7.36. The average Bonchev–Trinajstić information content (AvgIpc) is 2.78. The summed E-state index contributed by atoms with van der Waals surface area (Å²) in [7, 11) is 0. The van der Waals surface area contributed by atoms with E-state index in [1.54, 1.807) is 0 Å². The molecule has 3 heteroatoms. The predicted molar refractivity (Wildman–Crippen MR) is 80.1 cm³/mol. The molecule has 2 aromatic rings. The summed E-state index contributed by atoms with van der Waals surface area (Å²) in [5, 5.41) is 11.9. The maximum atomic E-state index is 9.66. The van der Waals surface area contributed by atoms with Crippen molar-refractivity contribution in [1.82, 2.24) is 9.88 Å². The summed E-state index contributed by atoms with van der Waals surface area (Å²) in [5.74, 6) is 0. The molecule has 1 saturated heterocycles. The van der Waals surface area contributed by atoms with Crippen molar-refractivity contribution in [1.29, 1.82) is 5.26 Å². The fraction of sp³-hybridized carbons (Fsp3) is 0.412. The third-order valence-electron chi connectivity index (χ3n) is 4.12. The average molecular weight is 265 g/mol. The highest BCUT2D eigenvalue weighted by Gasteiger charge is 2.22. The number of nitrogens with zero attached hydrogens (tertiary/aromatic N) is 3. The van der Waals surface area contributed by atoms with Gasteiger partial charge in [0, 0.05) is 23.3 Å². The highest BCUT2D eigenvalue weighted by molar-refractivity contribution is 5.85. The first kappa shape index (κ1) is 13.1. The van der Waals surface area contributed by atoms with Gasteiger partial charge in [0.15, 0.2) is 0 Å². The van der Waals surface area contributed by atoms with Gasteiger partial charge in [-0.15, -0.1) is 0 Å². The third kappa shape index (κ3) is 2.52. The van der Waals surface area contributed by atoms with Crippen LogP contribution in [0.15, 0.2) is 36.7 Å². The van der Waals surface area contributed by atoms with Crippen molar-refractivity contribution in [3.8, 4) is 6.07 Å². The molecule has 0 saturated carbocycles. The molecule has 0 aliphatic carbocycles. The quantitative estimate of drug-likeness (QED) is 0.831. The Labute approximate surface area is 119 Å². The van der Waals surface area contributed by atoms with E-state index in [-0.39, 0.29) is 6.04 Å². The molecule has 102 valence electrons. The Morgan fingerprint density at radius 1 is 1.05 bits per heavy atom. The van der Waals surface area contributed by atoms with Crippen LogP contribution in [0.1, 0.15) is 37.3 Å². The molecule has 2 heterocycles. The summed E-state index contributed by atoms with van der Waals surface area (Å²) < 4.78 is 0. The van der Waals surface area contributed by atoms with Crippen LogP contribution in [0, 0.1) is 11.3 Å². The topological polar surface area (TPSA) is 39.9 Å². The van der Waals surface area contributed by atoms with Crippen molar-refractivity contribution in [2.24, 2.45) is 0 Å². The van der Waals surface area contributed by atoms with Gasteiger partial charge in [0.1, 0.15) is 6.04 Å². The Bertz CT molecular complexity index is 616. The van der Waals surface area contributed by atoms with Gasteiger partial charge < -0.3 is 0 Å². The molecular weight excluding hydrogens is 246 g/mol. The number of benzene rings is 1. The third-order valence-corrected chi connectivity index (χ3v) is 4.12. The van der Waals surface area contributed by atoms with Crippen LogP contribution in [0.25, 0.3) is 10.8 Å². The van der Waals surface area contributed by atoms with E-state index >= 15 is 0 Å². The Balaban J connectivity index is 2.01. The Morgan fingerprint density at radius 3 is 2.55 bits per heavy atom. The molecule has 1 aliphatic rings. The SMILES string of the molecule is N#CC(c1cncc2ccccc12)N1CCCCCC1. The lowest BCUT2D eigenvalue weighted by molar-refractivity contribution is 0.246. The van der Waals surface area contributed by atoms with Gasteiger partial charge in [-0.3, -0.25) is 9.88 Å². The molecule has 1 aromatic heterocycles. The highest BCUT2D eigenvalue weighted by atomic mass is 15.2. The van der Waals surface area contributed by atoms with Crippen LogP contribution in [0.4, 0.5) is 0 Å². The molecule has 1 aromatic carbocycles. The van der Waals surface area contributed by atoms with Gasteiger partial charge in [-0.1, -0.05) is 37.1 Å². The van der Waals surface area contributed by atoms with Gasteiger partial charge in [0.2, 0.25) is 0 Å². The van der Waals surface area contributed by atoms with Gasteiger partial charge in [0.25, 0.3) is 0 Å². The van der Waals surface area contributed by atoms with Crippen molar-refractivity contribution in [3.63, 3.8) is 0 Å². The van der Waals surface area contributed by atoms with Crippen LogP contribution in [-0.2, 0) is 0 Å². The van der Waals surface area contributed by atoms with Crippen LogP contribution in [0.2, 0.25) is 0 Å². The number of likely N-dealkylation sites (tertiary alicyclic amines) is 1. The van der Waals surface area contributed by atoms with Crippen molar-refractivity contribution in [2.75, 3.05) is 13.1 Å². The zero-order chi connectivity index (χ0) is 13.8. The number of fused-ring (bicyclic) bond motifs is 1. The summed E-state index contributed by atoms with van der Waals surface area (Å²) in [4.78, 5) is 6.64.